The molecule has 0 saturated heterocycles. The fourth-order valence-electron chi connectivity index (χ4n) is 3.68. The number of hydrogen-bond donors (Lipinski definition) is 1. The van der Waals surface area contributed by atoms with Crippen molar-refractivity contribution in [3.63, 3.8) is 0 Å². The molecule has 7 heteroatoms. The molecule has 0 aliphatic heterocycles. The second-order valence-electron chi connectivity index (χ2n) is 6.98. The summed E-state index contributed by atoms with van der Waals surface area (Å²) >= 11 is 6.49. The zero-order valence-electron chi connectivity index (χ0n) is 17.2. The van der Waals surface area contributed by atoms with Crippen molar-refractivity contribution in [1.82, 2.24) is 15.2 Å². The van der Waals surface area contributed by atoms with Crippen LogP contribution in [0.3, 0.4) is 0 Å². The van der Waals surface area contributed by atoms with Gasteiger partial charge in [-0.15, -0.1) is 0 Å². The molecule has 160 valence electrons. The minimum Gasteiger partial charge on any atom is -0.423 e. The van der Waals surface area contributed by atoms with Gasteiger partial charge < -0.3 is 4.74 Å². The molecule has 0 fully saturated rings. The number of aromatic nitrogens is 3. The van der Waals surface area contributed by atoms with E-state index in [1.54, 1.807) is 30.7 Å². The number of carbonyl (C=O) groups is 1. The summed E-state index contributed by atoms with van der Waals surface area (Å²) in [4.78, 5) is 16.1. The first kappa shape index (κ1) is 21.5. The van der Waals surface area contributed by atoms with E-state index in [1.807, 2.05) is 31.2 Å². The molecule has 0 atom stereocenters. The van der Waals surface area contributed by atoms with Gasteiger partial charge in [0.2, 0.25) is 0 Å². The van der Waals surface area contributed by atoms with E-state index in [2.05, 4.69) is 21.8 Å². The Balaban J connectivity index is 2.07. The highest BCUT2D eigenvalue weighted by Gasteiger charge is 2.21. The molecule has 4 aromatic rings. The number of halogens is 2. The Labute approximate surface area is 189 Å². The summed E-state index contributed by atoms with van der Waals surface area (Å²) in [6, 6.07) is 12.2. The summed E-state index contributed by atoms with van der Waals surface area (Å²) in [6.07, 6.45) is 6.45. The van der Waals surface area contributed by atoms with Gasteiger partial charge in [0.15, 0.2) is 0 Å². The number of aromatic amines is 1. The first-order valence-corrected chi connectivity index (χ1v) is 10.3. The number of fused-ring (bicyclic) bond motifs is 1. The van der Waals surface area contributed by atoms with Gasteiger partial charge in [0.1, 0.15) is 17.1 Å². The van der Waals surface area contributed by atoms with E-state index in [1.165, 1.54) is 6.07 Å². The van der Waals surface area contributed by atoms with Gasteiger partial charge in [0.25, 0.3) is 0 Å². The highest BCUT2D eigenvalue weighted by molar-refractivity contribution is 6.32. The van der Waals surface area contributed by atoms with E-state index in [0.29, 0.717) is 44.8 Å². The fraction of sp³-hybridized carbons (Fsp3) is 0.0800. The average Bonchev–Trinajstić information content (AvgIpc) is 3.28. The summed E-state index contributed by atoms with van der Waals surface area (Å²) in [5, 5.41) is 7.71. The number of allylic oxidation sites excluding steroid dienone is 1. The number of para-hydroxylation sites is 1. The summed E-state index contributed by atoms with van der Waals surface area (Å²) < 4.78 is 20.5. The van der Waals surface area contributed by atoms with Crippen molar-refractivity contribution in [2.24, 2.45) is 0 Å². The zero-order valence-corrected chi connectivity index (χ0v) is 18.0. The van der Waals surface area contributed by atoms with Gasteiger partial charge in [-0.1, -0.05) is 43.3 Å². The number of ether oxygens (including phenoxy) is 1. The summed E-state index contributed by atoms with van der Waals surface area (Å²) in [5.41, 5.74) is 3.84. The molecule has 0 amide bonds. The van der Waals surface area contributed by atoms with Crippen molar-refractivity contribution >= 4 is 39.6 Å². The smallest absolute Gasteiger partial charge is 0.335 e. The first-order valence-electron chi connectivity index (χ1n) is 9.93. The van der Waals surface area contributed by atoms with Crippen LogP contribution >= 0.6 is 11.6 Å². The lowest BCUT2D eigenvalue weighted by molar-refractivity contribution is -0.128. The van der Waals surface area contributed by atoms with Crippen LogP contribution in [-0.2, 0) is 4.79 Å². The molecule has 1 N–H and O–H groups in total. The van der Waals surface area contributed by atoms with Crippen LogP contribution in [0.15, 0.2) is 73.7 Å². The Morgan fingerprint density at radius 1 is 1.22 bits per heavy atom. The van der Waals surface area contributed by atoms with Gasteiger partial charge in [-0.3, -0.25) is 10.1 Å². The SMILES string of the molecule is C=CC(=O)Oc1ccccc1/C(=C(\CC)c1ccncc1Cl)c1cc(F)c2[nH]ncc2c1. The third kappa shape index (κ3) is 4.05. The van der Waals surface area contributed by atoms with Gasteiger partial charge in [-0.05, 0) is 53.0 Å². The predicted molar refractivity (Wildman–Crippen MR) is 124 cm³/mol. The number of rotatable bonds is 6. The van der Waals surface area contributed by atoms with Crippen molar-refractivity contribution < 1.29 is 13.9 Å². The molecular formula is C25H19ClFN3O2. The maximum absolute atomic E-state index is 14.9. The van der Waals surface area contributed by atoms with Crippen LogP contribution in [0.2, 0.25) is 5.02 Å². The Hall–Kier alpha value is -3.77. The van der Waals surface area contributed by atoms with Gasteiger partial charge in [-0.2, -0.15) is 5.10 Å². The van der Waals surface area contributed by atoms with E-state index in [-0.39, 0.29) is 0 Å². The van der Waals surface area contributed by atoms with Crippen molar-refractivity contribution in [2.75, 3.05) is 0 Å². The Morgan fingerprint density at radius 2 is 2.03 bits per heavy atom. The number of carbonyl (C=O) groups excluding carboxylic acids is 1. The number of nitrogens with one attached hydrogen (secondary N) is 1. The molecule has 5 nitrogen and oxygen atoms in total. The molecule has 0 aliphatic rings. The van der Waals surface area contributed by atoms with Crippen molar-refractivity contribution in [3.05, 3.63) is 101 Å². The van der Waals surface area contributed by atoms with E-state index in [4.69, 9.17) is 16.3 Å². The second kappa shape index (κ2) is 9.16. The minimum absolute atomic E-state index is 0.319. The van der Waals surface area contributed by atoms with Crippen LogP contribution in [0.4, 0.5) is 4.39 Å². The Kier molecular flexibility index (Phi) is 6.14. The van der Waals surface area contributed by atoms with E-state index < -0.39 is 11.8 Å². The van der Waals surface area contributed by atoms with Crippen molar-refractivity contribution in [2.45, 2.75) is 13.3 Å². The number of H-pyrrole nitrogens is 1. The zero-order chi connectivity index (χ0) is 22.7. The monoisotopic (exact) mass is 447 g/mol. The van der Waals surface area contributed by atoms with E-state index in [9.17, 15) is 9.18 Å². The third-order valence-electron chi connectivity index (χ3n) is 5.08. The van der Waals surface area contributed by atoms with Crippen molar-refractivity contribution in [3.8, 4) is 5.75 Å². The maximum Gasteiger partial charge on any atom is 0.335 e. The predicted octanol–water partition coefficient (Wildman–Crippen LogP) is 6.21. The lowest BCUT2D eigenvalue weighted by Gasteiger charge is -2.19. The van der Waals surface area contributed by atoms with Crippen LogP contribution in [0.1, 0.15) is 30.0 Å². The van der Waals surface area contributed by atoms with Crippen LogP contribution in [0, 0.1) is 5.82 Å². The lowest BCUT2D eigenvalue weighted by atomic mass is 9.87. The second-order valence-corrected chi connectivity index (χ2v) is 7.38. The maximum atomic E-state index is 14.9. The number of benzene rings is 2. The fourth-order valence-corrected chi connectivity index (χ4v) is 3.92. The van der Waals surface area contributed by atoms with Gasteiger partial charge >= 0.3 is 5.97 Å². The number of esters is 1. The molecule has 0 aliphatic carbocycles. The standard InChI is InChI=1S/C25H19ClFN3O2/c1-3-17(18-9-10-28-14-20(18)26)24(15-11-16-13-29-30-25(16)21(27)12-15)19-7-5-6-8-22(19)32-23(31)4-2/h4-14H,2-3H2,1H3,(H,29,30)/b24-17+. The van der Waals surface area contributed by atoms with Gasteiger partial charge in [0.05, 0.1) is 11.2 Å². The molecule has 4 rings (SSSR count). The van der Waals surface area contributed by atoms with Crippen molar-refractivity contribution in [1.29, 1.82) is 0 Å². The highest BCUT2D eigenvalue weighted by atomic mass is 35.5. The quantitative estimate of drug-likeness (QED) is 0.217. The molecule has 0 unspecified atom stereocenters. The van der Waals surface area contributed by atoms with E-state index in [0.717, 1.165) is 17.2 Å². The minimum atomic E-state index is -0.590. The number of pyridine rings is 1. The molecule has 2 aromatic heterocycles. The largest absolute Gasteiger partial charge is 0.423 e. The summed E-state index contributed by atoms with van der Waals surface area (Å²) in [7, 11) is 0. The first-order chi connectivity index (χ1) is 15.5. The molecule has 0 radical (unpaired) electrons. The lowest BCUT2D eigenvalue weighted by Crippen LogP contribution is -2.06. The molecule has 0 bridgehead atoms. The van der Waals surface area contributed by atoms with Crippen LogP contribution in [0.5, 0.6) is 5.75 Å². The molecule has 2 heterocycles. The van der Waals surface area contributed by atoms with Crippen LogP contribution in [-0.4, -0.2) is 21.2 Å². The molecule has 0 spiro atoms. The molecular weight excluding hydrogens is 429 g/mol. The van der Waals surface area contributed by atoms with E-state index >= 15 is 0 Å². The third-order valence-corrected chi connectivity index (χ3v) is 5.38. The van der Waals surface area contributed by atoms with Gasteiger partial charge in [-0.25, -0.2) is 9.18 Å². The average molecular weight is 448 g/mol. The normalized spacial score (nSPS) is 11.8. The molecule has 2 aromatic carbocycles. The Bertz CT molecular complexity index is 1360. The highest BCUT2D eigenvalue weighted by Crippen LogP contribution is 2.41. The molecule has 32 heavy (non-hydrogen) atoms. The van der Waals surface area contributed by atoms with Crippen LogP contribution < -0.4 is 4.74 Å². The molecule has 0 saturated carbocycles. The van der Waals surface area contributed by atoms with Crippen LogP contribution in [0.25, 0.3) is 22.0 Å². The topological polar surface area (TPSA) is 67.9 Å². The summed E-state index contributed by atoms with van der Waals surface area (Å²) in [5.74, 6) is -0.700. The number of hydrogen-bond acceptors (Lipinski definition) is 4. The number of nitrogens with zero attached hydrogens (tertiary/aromatic N) is 2. The Morgan fingerprint density at radius 3 is 2.78 bits per heavy atom. The van der Waals surface area contributed by atoms with Gasteiger partial charge in [0, 0.05) is 29.4 Å². The summed E-state index contributed by atoms with van der Waals surface area (Å²) in [6.45, 7) is 5.45.